The van der Waals surface area contributed by atoms with Gasteiger partial charge in [-0.15, -0.1) is 0 Å². The number of hydrogen-bond acceptors (Lipinski definition) is 3. The van der Waals surface area contributed by atoms with Crippen molar-refractivity contribution in [1.82, 2.24) is 4.90 Å². The molecule has 0 radical (unpaired) electrons. The van der Waals surface area contributed by atoms with Crippen molar-refractivity contribution in [3.8, 4) is 0 Å². The number of amides is 2. The first-order chi connectivity index (χ1) is 16.0. The highest BCUT2D eigenvalue weighted by Crippen LogP contribution is 2.26. The topological polar surface area (TPSA) is 75.4 Å². The van der Waals surface area contributed by atoms with Gasteiger partial charge in [0.1, 0.15) is 0 Å². The fourth-order valence-electron chi connectivity index (χ4n) is 4.34. The molecule has 1 aliphatic carbocycles. The lowest BCUT2D eigenvalue weighted by Gasteiger charge is -2.38. The number of carbonyl (C=O) groups excluding carboxylic acids is 2. The Hall–Kier alpha value is -3.15. The largest absolute Gasteiger partial charge is 0.330 e. The zero-order valence-electron chi connectivity index (χ0n) is 18.4. The van der Waals surface area contributed by atoms with Crippen LogP contribution < -0.4 is 11.1 Å². The molecule has 3 aromatic rings. The lowest BCUT2D eigenvalue weighted by molar-refractivity contribution is 0.0583. The van der Waals surface area contributed by atoms with E-state index >= 15 is 0 Å². The molecule has 0 aliphatic heterocycles. The molecule has 0 aromatic heterocycles. The van der Waals surface area contributed by atoms with Crippen LogP contribution in [0, 0.1) is 0 Å². The van der Waals surface area contributed by atoms with Crippen LogP contribution in [-0.4, -0.2) is 28.8 Å². The van der Waals surface area contributed by atoms with E-state index in [4.69, 9.17) is 17.3 Å². The normalized spacial score (nSPS) is 17.9. The molecular weight excluding hydrogens is 434 g/mol. The second-order valence-corrected chi connectivity index (χ2v) is 8.91. The predicted molar refractivity (Wildman–Crippen MR) is 132 cm³/mol. The second-order valence-electron chi connectivity index (χ2n) is 8.48. The number of hydrogen-bond donors (Lipinski definition) is 2. The number of carbonyl (C=O) groups is 2. The van der Waals surface area contributed by atoms with E-state index in [1.807, 2.05) is 59.5 Å². The Morgan fingerprint density at radius 3 is 2.30 bits per heavy atom. The van der Waals surface area contributed by atoms with Gasteiger partial charge in [0.15, 0.2) is 0 Å². The highest BCUT2D eigenvalue weighted by Gasteiger charge is 2.31. The van der Waals surface area contributed by atoms with E-state index in [1.54, 1.807) is 24.3 Å². The Balaban J connectivity index is 1.50. The first kappa shape index (κ1) is 23.0. The van der Waals surface area contributed by atoms with Crippen LogP contribution >= 0.6 is 11.6 Å². The third kappa shape index (κ3) is 5.81. The van der Waals surface area contributed by atoms with E-state index in [0.29, 0.717) is 28.4 Å². The van der Waals surface area contributed by atoms with Gasteiger partial charge in [-0.05, 0) is 60.9 Å². The summed E-state index contributed by atoms with van der Waals surface area (Å²) in [6.07, 6.45) is 4.02. The van der Waals surface area contributed by atoms with E-state index in [1.165, 1.54) is 0 Å². The number of anilines is 1. The number of nitrogens with one attached hydrogen (secondary N) is 1. The molecular formula is C27H28ClN3O2. The first-order valence-electron chi connectivity index (χ1n) is 11.3. The van der Waals surface area contributed by atoms with E-state index < -0.39 is 0 Å². The Labute approximate surface area is 199 Å². The monoisotopic (exact) mass is 461 g/mol. The predicted octanol–water partition coefficient (Wildman–Crippen LogP) is 5.50. The second kappa shape index (κ2) is 10.6. The summed E-state index contributed by atoms with van der Waals surface area (Å²) in [4.78, 5) is 27.8. The maximum absolute atomic E-state index is 13.4. The summed E-state index contributed by atoms with van der Waals surface area (Å²) in [5, 5.41) is 3.40. The molecule has 0 saturated heterocycles. The molecule has 0 heterocycles. The van der Waals surface area contributed by atoms with Gasteiger partial charge in [-0.3, -0.25) is 9.59 Å². The summed E-state index contributed by atoms with van der Waals surface area (Å²) >= 11 is 5.98. The molecule has 2 unspecified atom stereocenters. The lowest BCUT2D eigenvalue weighted by atomic mass is 9.89. The Morgan fingerprint density at radius 2 is 1.61 bits per heavy atom. The van der Waals surface area contributed by atoms with Crippen LogP contribution in [0.4, 0.5) is 5.69 Å². The standard InChI is InChI=1S/C27H28ClN3O2/c28-22-10-6-9-21(17-22)26(32)30-23-15-13-19(14-16-23)18-31(25-12-5-4-11-24(25)29)27(33)20-7-2-1-3-8-20/h1-3,6-10,13-17,24-25H,4-5,11-12,18,29H2,(H,30,32). The zero-order valence-corrected chi connectivity index (χ0v) is 19.2. The van der Waals surface area contributed by atoms with Crippen molar-refractivity contribution in [3.05, 3.63) is 101 Å². The molecule has 2 atom stereocenters. The fourth-order valence-corrected chi connectivity index (χ4v) is 4.53. The lowest BCUT2D eigenvalue weighted by Crippen LogP contribution is -2.51. The Bertz CT molecular complexity index is 1100. The molecule has 3 aromatic carbocycles. The number of nitrogens with zero attached hydrogens (tertiary/aromatic N) is 1. The van der Waals surface area contributed by atoms with E-state index in [9.17, 15) is 9.59 Å². The minimum atomic E-state index is -0.223. The third-order valence-corrected chi connectivity index (χ3v) is 6.35. The summed E-state index contributed by atoms with van der Waals surface area (Å²) in [6.45, 7) is 0.467. The highest BCUT2D eigenvalue weighted by molar-refractivity contribution is 6.31. The summed E-state index contributed by atoms with van der Waals surface area (Å²) in [5.41, 5.74) is 9.27. The molecule has 5 nitrogen and oxygen atoms in total. The number of halogens is 1. The van der Waals surface area contributed by atoms with Gasteiger partial charge in [-0.1, -0.05) is 60.8 Å². The van der Waals surface area contributed by atoms with Gasteiger partial charge in [-0.25, -0.2) is 0 Å². The third-order valence-electron chi connectivity index (χ3n) is 6.12. The van der Waals surface area contributed by atoms with Gasteiger partial charge in [0, 0.05) is 40.5 Å². The average Bonchev–Trinajstić information content (AvgIpc) is 2.84. The van der Waals surface area contributed by atoms with Crippen LogP contribution in [0.2, 0.25) is 5.02 Å². The van der Waals surface area contributed by atoms with Gasteiger partial charge < -0.3 is 16.0 Å². The molecule has 0 spiro atoms. The minimum Gasteiger partial charge on any atom is -0.330 e. The molecule has 170 valence electrons. The van der Waals surface area contributed by atoms with Crippen molar-refractivity contribution in [2.45, 2.75) is 44.3 Å². The van der Waals surface area contributed by atoms with Crippen molar-refractivity contribution in [2.75, 3.05) is 5.32 Å². The summed E-state index contributed by atoms with van der Waals surface area (Å²) in [6, 6.07) is 23.7. The maximum atomic E-state index is 13.4. The van der Waals surface area contributed by atoms with Gasteiger partial charge in [-0.2, -0.15) is 0 Å². The zero-order chi connectivity index (χ0) is 23.2. The van der Waals surface area contributed by atoms with Crippen molar-refractivity contribution < 1.29 is 9.59 Å². The number of benzene rings is 3. The molecule has 6 heteroatoms. The SMILES string of the molecule is NC1CCCCC1N(Cc1ccc(NC(=O)c2cccc(Cl)c2)cc1)C(=O)c1ccccc1. The molecule has 3 N–H and O–H groups in total. The highest BCUT2D eigenvalue weighted by atomic mass is 35.5. The minimum absolute atomic E-state index is 0.00344. The van der Waals surface area contributed by atoms with Crippen molar-refractivity contribution >= 4 is 29.1 Å². The van der Waals surface area contributed by atoms with Crippen LogP contribution in [-0.2, 0) is 6.54 Å². The first-order valence-corrected chi connectivity index (χ1v) is 11.7. The molecule has 2 amide bonds. The molecule has 4 rings (SSSR count). The van der Waals surface area contributed by atoms with Crippen molar-refractivity contribution in [2.24, 2.45) is 5.73 Å². The quantitative estimate of drug-likeness (QED) is 0.508. The van der Waals surface area contributed by atoms with E-state index in [2.05, 4.69) is 5.32 Å². The van der Waals surface area contributed by atoms with Crippen molar-refractivity contribution in [3.63, 3.8) is 0 Å². The van der Waals surface area contributed by atoms with E-state index in [0.717, 1.165) is 31.2 Å². The number of nitrogens with two attached hydrogens (primary N) is 1. The van der Waals surface area contributed by atoms with Gasteiger partial charge in [0.05, 0.1) is 0 Å². The van der Waals surface area contributed by atoms with Crippen LogP contribution in [0.3, 0.4) is 0 Å². The van der Waals surface area contributed by atoms with E-state index in [-0.39, 0.29) is 23.9 Å². The Kier molecular flexibility index (Phi) is 7.43. The average molecular weight is 462 g/mol. The Morgan fingerprint density at radius 1 is 0.909 bits per heavy atom. The van der Waals surface area contributed by atoms with Gasteiger partial charge >= 0.3 is 0 Å². The van der Waals surface area contributed by atoms with Crippen molar-refractivity contribution in [1.29, 1.82) is 0 Å². The fraction of sp³-hybridized carbons (Fsp3) is 0.259. The van der Waals surface area contributed by atoms with Gasteiger partial charge in [0.2, 0.25) is 0 Å². The molecule has 1 aliphatic rings. The summed E-state index contributed by atoms with van der Waals surface area (Å²) in [5.74, 6) is -0.226. The van der Waals surface area contributed by atoms with Crippen LogP contribution in [0.25, 0.3) is 0 Å². The molecule has 1 fully saturated rings. The van der Waals surface area contributed by atoms with Gasteiger partial charge in [0.25, 0.3) is 11.8 Å². The smallest absolute Gasteiger partial charge is 0.255 e. The molecule has 33 heavy (non-hydrogen) atoms. The van der Waals surface area contributed by atoms with Crippen LogP contribution in [0.1, 0.15) is 52.0 Å². The van der Waals surface area contributed by atoms with Crippen LogP contribution in [0.5, 0.6) is 0 Å². The summed E-state index contributed by atoms with van der Waals surface area (Å²) in [7, 11) is 0. The molecule has 0 bridgehead atoms. The molecule has 1 saturated carbocycles. The van der Waals surface area contributed by atoms with Crippen LogP contribution in [0.15, 0.2) is 78.9 Å². The maximum Gasteiger partial charge on any atom is 0.255 e. The number of rotatable bonds is 6. The summed E-state index contributed by atoms with van der Waals surface area (Å²) < 4.78 is 0.